The van der Waals surface area contributed by atoms with Crippen LogP contribution in [0.2, 0.25) is 0 Å². The Bertz CT molecular complexity index is 621. The third kappa shape index (κ3) is 3.70. The highest BCUT2D eigenvalue weighted by Gasteiger charge is 2.12. The van der Waals surface area contributed by atoms with Crippen LogP contribution in [0.5, 0.6) is 0 Å². The van der Waals surface area contributed by atoms with Crippen molar-refractivity contribution in [2.45, 2.75) is 6.54 Å². The summed E-state index contributed by atoms with van der Waals surface area (Å²) in [6.07, 6.45) is 0. The SMILES string of the molecule is CN(Cc1ccc(C#CCO)cc1)C(=O)c1cccs1. The average molecular weight is 285 g/mol. The Hall–Kier alpha value is -2.09. The van der Waals surface area contributed by atoms with Gasteiger partial charge in [-0.1, -0.05) is 30.0 Å². The Balaban J connectivity index is 2.01. The predicted octanol–water partition coefficient (Wildman–Crippen LogP) is 2.36. The number of benzene rings is 1. The molecule has 4 heteroatoms. The Morgan fingerprint density at radius 1 is 1.30 bits per heavy atom. The molecule has 0 spiro atoms. The molecule has 0 aliphatic rings. The van der Waals surface area contributed by atoms with Crippen LogP contribution in [-0.4, -0.2) is 29.6 Å². The molecule has 1 heterocycles. The fourth-order valence-corrected chi connectivity index (χ4v) is 2.49. The van der Waals surface area contributed by atoms with Gasteiger partial charge in [0.05, 0.1) is 4.88 Å². The molecule has 1 aromatic heterocycles. The fourth-order valence-electron chi connectivity index (χ4n) is 1.77. The first kappa shape index (κ1) is 14.3. The van der Waals surface area contributed by atoms with Crippen LogP contribution in [0.15, 0.2) is 41.8 Å². The van der Waals surface area contributed by atoms with Crippen LogP contribution < -0.4 is 0 Å². The molecule has 0 unspecified atom stereocenters. The molecule has 2 aromatic rings. The van der Waals surface area contributed by atoms with Crippen molar-refractivity contribution in [1.82, 2.24) is 4.90 Å². The van der Waals surface area contributed by atoms with Gasteiger partial charge in [0.15, 0.2) is 0 Å². The van der Waals surface area contributed by atoms with Crippen LogP contribution >= 0.6 is 11.3 Å². The number of aliphatic hydroxyl groups is 1. The number of carbonyl (C=O) groups excluding carboxylic acids is 1. The number of aliphatic hydroxyl groups excluding tert-OH is 1. The van der Waals surface area contributed by atoms with Gasteiger partial charge in [0, 0.05) is 19.2 Å². The molecule has 20 heavy (non-hydrogen) atoms. The Morgan fingerprint density at radius 3 is 2.65 bits per heavy atom. The molecule has 0 bridgehead atoms. The molecule has 1 N–H and O–H groups in total. The van der Waals surface area contributed by atoms with E-state index in [-0.39, 0.29) is 12.5 Å². The molecule has 2 rings (SSSR count). The second-order valence-electron chi connectivity index (χ2n) is 4.30. The summed E-state index contributed by atoms with van der Waals surface area (Å²) in [5.41, 5.74) is 1.90. The Labute approximate surface area is 122 Å². The van der Waals surface area contributed by atoms with Gasteiger partial charge in [-0.15, -0.1) is 11.3 Å². The van der Waals surface area contributed by atoms with Crippen molar-refractivity contribution >= 4 is 17.2 Å². The van der Waals surface area contributed by atoms with Gasteiger partial charge in [-0.3, -0.25) is 4.79 Å². The quantitative estimate of drug-likeness (QED) is 0.880. The monoisotopic (exact) mass is 285 g/mol. The molecular formula is C16H15NO2S. The Morgan fingerprint density at radius 2 is 2.05 bits per heavy atom. The summed E-state index contributed by atoms with van der Waals surface area (Å²) < 4.78 is 0. The van der Waals surface area contributed by atoms with E-state index in [1.54, 1.807) is 11.9 Å². The van der Waals surface area contributed by atoms with Gasteiger partial charge >= 0.3 is 0 Å². The zero-order valence-corrected chi connectivity index (χ0v) is 12.0. The minimum absolute atomic E-state index is 0.0316. The maximum atomic E-state index is 12.1. The van der Waals surface area contributed by atoms with Crippen molar-refractivity contribution in [3.05, 3.63) is 57.8 Å². The number of nitrogens with zero attached hydrogens (tertiary/aromatic N) is 1. The van der Waals surface area contributed by atoms with E-state index in [0.717, 1.165) is 16.0 Å². The molecule has 1 aromatic carbocycles. The molecule has 0 aliphatic heterocycles. The summed E-state index contributed by atoms with van der Waals surface area (Å²) in [4.78, 5) is 14.5. The summed E-state index contributed by atoms with van der Waals surface area (Å²) in [7, 11) is 1.79. The first-order valence-corrected chi connectivity index (χ1v) is 7.06. The minimum Gasteiger partial charge on any atom is -0.384 e. The summed E-state index contributed by atoms with van der Waals surface area (Å²) in [5, 5.41) is 10.5. The third-order valence-corrected chi connectivity index (χ3v) is 3.62. The van der Waals surface area contributed by atoms with Gasteiger partial charge < -0.3 is 10.0 Å². The van der Waals surface area contributed by atoms with Crippen molar-refractivity contribution in [3.8, 4) is 11.8 Å². The van der Waals surface area contributed by atoms with Crippen LogP contribution in [0.1, 0.15) is 20.8 Å². The van der Waals surface area contributed by atoms with E-state index in [4.69, 9.17) is 5.11 Å². The molecule has 102 valence electrons. The number of rotatable bonds is 3. The van der Waals surface area contributed by atoms with Crippen molar-refractivity contribution in [3.63, 3.8) is 0 Å². The van der Waals surface area contributed by atoms with Crippen molar-refractivity contribution in [1.29, 1.82) is 0 Å². The van der Waals surface area contributed by atoms with Crippen LogP contribution in [0.25, 0.3) is 0 Å². The maximum absolute atomic E-state index is 12.1. The molecule has 0 saturated carbocycles. The van der Waals surface area contributed by atoms with Gasteiger partial charge in [-0.25, -0.2) is 0 Å². The Kier molecular flexibility index (Phi) is 4.94. The predicted molar refractivity (Wildman–Crippen MR) is 80.5 cm³/mol. The number of thiophene rings is 1. The van der Waals surface area contributed by atoms with E-state index in [1.807, 2.05) is 41.8 Å². The van der Waals surface area contributed by atoms with E-state index >= 15 is 0 Å². The van der Waals surface area contributed by atoms with Crippen LogP contribution in [0.4, 0.5) is 0 Å². The molecule has 0 fully saturated rings. The third-order valence-electron chi connectivity index (χ3n) is 2.76. The number of carbonyl (C=O) groups is 1. The van der Waals surface area contributed by atoms with E-state index in [0.29, 0.717) is 6.54 Å². The largest absolute Gasteiger partial charge is 0.384 e. The number of amides is 1. The van der Waals surface area contributed by atoms with Gasteiger partial charge in [0.2, 0.25) is 0 Å². The fraction of sp³-hybridized carbons (Fsp3) is 0.188. The lowest BCUT2D eigenvalue weighted by Crippen LogP contribution is -2.25. The normalized spacial score (nSPS) is 9.70. The summed E-state index contributed by atoms with van der Waals surface area (Å²) in [6.45, 7) is 0.421. The van der Waals surface area contributed by atoms with E-state index in [9.17, 15) is 4.79 Å². The van der Waals surface area contributed by atoms with Crippen molar-refractivity contribution < 1.29 is 9.90 Å². The van der Waals surface area contributed by atoms with Gasteiger partial charge in [0.1, 0.15) is 6.61 Å². The average Bonchev–Trinajstić information content (AvgIpc) is 3.00. The lowest BCUT2D eigenvalue weighted by Gasteiger charge is -2.16. The van der Waals surface area contributed by atoms with Crippen LogP contribution in [0, 0.1) is 11.8 Å². The molecule has 0 atom stereocenters. The van der Waals surface area contributed by atoms with Crippen LogP contribution in [0.3, 0.4) is 0 Å². The van der Waals surface area contributed by atoms with Gasteiger partial charge in [-0.05, 0) is 29.1 Å². The highest BCUT2D eigenvalue weighted by atomic mass is 32.1. The highest BCUT2D eigenvalue weighted by Crippen LogP contribution is 2.13. The van der Waals surface area contributed by atoms with E-state index < -0.39 is 0 Å². The lowest BCUT2D eigenvalue weighted by atomic mass is 10.1. The smallest absolute Gasteiger partial charge is 0.263 e. The highest BCUT2D eigenvalue weighted by molar-refractivity contribution is 7.12. The molecule has 0 radical (unpaired) electrons. The van der Waals surface area contributed by atoms with Crippen molar-refractivity contribution in [2.24, 2.45) is 0 Å². The number of hydrogen-bond acceptors (Lipinski definition) is 3. The lowest BCUT2D eigenvalue weighted by molar-refractivity contribution is 0.0790. The topological polar surface area (TPSA) is 40.5 Å². The summed E-state index contributed by atoms with van der Waals surface area (Å²) in [6, 6.07) is 11.4. The summed E-state index contributed by atoms with van der Waals surface area (Å²) >= 11 is 1.45. The van der Waals surface area contributed by atoms with Crippen molar-refractivity contribution in [2.75, 3.05) is 13.7 Å². The first-order chi connectivity index (χ1) is 9.70. The summed E-state index contributed by atoms with van der Waals surface area (Å²) in [5.74, 6) is 5.48. The second kappa shape index (κ2) is 6.90. The van der Waals surface area contributed by atoms with E-state index in [1.165, 1.54) is 11.3 Å². The minimum atomic E-state index is -0.139. The second-order valence-corrected chi connectivity index (χ2v) is 5.24. The van der Waals surface area contributed by atoms with Gasteiger partial charge in [-0.2, -0.15) is 0 Å². The van der Waals surface area contributed by atoms with E-state index in [2.05, 4.69) is 11.8 Å². The maximum Gasteiger partial charge on any atom is 0.263 e. The zero-order chi connectivity index (χ0) is 14.4. The molecule has 0 aliphatic carbocycles. The first-order valence-electron chi connectivity index (χ1n) is 6.18. The molecule has 3 nitrogen and oxygen atoms in total. The molecule has 1 amide bonds. The van der Waals surface area contributed by atoms with Gasteiger partial charge in [0.25, 0.3) is 5.91 Å². The zero-order valence-electron chi connectivity index (χ0n) is 11.2. The molecular weight excluding hydrogens is 270 g/mol. The number of hydrogen-bond donors (Lipinski definition) is 1. The molecule has 0 saturated heterocycles. The standard InChI is InChI=1S/C16H15NO2S/c1-17(16(19)15-5-3-11-20-15)12-14-8-6-13(7-9-14)4-2-10-18/h3,5-9,11,18H,10,12H2,1H3. The van der Waals surface area contributed by atoms with Crippen LogP contribution in [-0.2, 0) is 6.54 Å².